The average Bonchev–Trinajstić information content (AvgIpc) is 3.07. The van der Waals surface area contributed by atoms with Gasteiger partial charge in [0.2, 0.25) is 0 Å². The Hall–Kier alpha value is -2.31. The molecule has 6 nitrogen and oxygen atoms in total. The molecule has 2 aromatic rings. The molecule has 1 aliphatic heterocycles. The number of nitrogen functional groups attached to an aromatic ring is 1. The molecule has 0 saturated carbocycles. The average molecular weight is 375 g/mol. The Morgan fingerprint density at radius 3 is 2.96 bits per heavy atom. The van der Waals surface area contributed by atoms with Gasteiger partial charge >= 0.3 is 5.97 Å². The fourth-order valence-electron chi connectivity index (χ4n) is 3.16. The van der Waals surface area contributed by atoms with E-state index in [0.717, 1.165) is 34.7 Å². The highest BCUT2D eigenvalue weighted by Gasteiger charge is 2.28. The van der Waals surface area contributed by atoms with Gasteiger partial charge in [0, 0.05) is 31.5 Å². The van der Waals surface area contributed by atoms with E-state index in [-0.39, 0.29) is 5.92 Å². The predicted molar refractivity (Wildman–Crippen MR) is 103 cm³/mol. The van der Waals surface area contributed by atoms with Gasteiger partial charge in [0.25, 0.3) is 0 Å². The fourth-order valence-corrected chi connectivity index (χ4v) is 3.32. The van der Waals surface area contributed by atoms with Gasteiger partial charge in [0.15, 0.2) is 0 Å². The second kappa shape index (κ2) is 7.93. The number of aryl methyl sites for hydroxylation is 1. The highest BCUT2D eigenvalue weighted by molar-refractivity contribution is 6.31. The number of rotatable bonds is 6. The second-order valence-electron chi connectivity index (χ2n) is 6.76. The van der Waals surface area contributed by atoms with Crippen LogP contribution in [0.25, 0.3) is 0 Å². The number of carboxylic acid groups (broad SMARTS) is 1. The van der Waals surface area contributed by atoms with E-state index in [9.17, 15) is 4.79 Å². The molecular weight excluding hydrogens is 352 g/mol. The first kappa shape index (κ1) is 18.5. The standard InChI is InChI=1S/C19H23ClN4O2/c1-12-6-13(2-3-17(12)21)8-22-18-7-15(16(20)9-23-18)11-24-5-4-14(10-24)19(25)26/h2-3,6-7,9,14H,4-5,8,10-11,21H2,1H3,(H,22,23)(H,25,26). The largest absolute Gasteiger partial charge is 0.481 e. The number of hydrogen-bond acceptors (Lipinski definition) is 5. The number of aromatic nitrogens is 1. The molecule has 3 rings (SSSR count). The number of carbonyl (C=O) groups is 1. The van der Waals surface area contributed by atoms with Crippen molar-refractivity contribution in [2.24, 2.45) is 5.92 Å². The Kier molecular flexibility index (Phi) is 5.64. The van der Waals surface area contributed by atoms with Gasteiger partial charge < -0.3 is 16.2 Å². The van der Waals surface area contributed by atoms with Crippen molar-refractivity contribution < 1.29 is 9.90 Å². The first-order valence-electron chi connectivity index (χ1n) is 8.61. The predicted octanol–water partition coefficient (Wildman–Crippen LogP) is 3.14. The molecule has 1 aromatic carbocycles. The molecule has 1 saturated heterocycles. The maximum atomic E-state index is 11.1. The van der Waals surface area contributed by atoms with E-state index in [1.54, 1.807) is 6.20 Å². The summed E-state index contributed by atoms with van der Waals surface area (Å²) in [5, 5.41) is 13.0. The summed E-state index contributed by atoms with van der Waals surface area (Å²) >= 11 is 6.28. The Morgan fingerprint density at radius 1 is 1.46 bits per heavy atom. The number of likely N-dealkylation sites (tertiary alicyclic amines) is 1. The zero-order valence-electron chi connectivity index (χ0n) is 14.7. The highest BCUT2D eigenvalue weighted by atomic mass is 35.5. The highest BCUT2D eigenvalue weighted by Crippen LogP contribution is 2.24. The molecule has 1 aromatic heterocycles. The third-order valence-corrected chi connectivity index (χ3v) is 5.10. The first-order chi connectivity index (χ1) is 12.4. The number of hydrogen-bond donors (Lipinski definition) is 3. The van der Waals surface area contributed by atoms with Crippen molar-refractivity contribution in [1.29, 1.82) is 0 Å². The van der Waals surface area contributed by atoms with Gasteiger partial charge in [-0.25, -0.2) is 4.98 Å². The summed E-state index contributed by atoms with van der Waals surface area (Å²) in [5.41, 5.74) is 9.76. The molecule has 4 N–H and O–H groups in total. The van der Waals surface area contributed by atoms with E-state index in [4.69, 9.17) is 22.4 Å². The summed E-state index contributed by atoms with van der Waals surface area (Å²) in [6.45, 7) is 4.57. The summed E-state index contributed by atoms with van der Waals surface area (Å²) < 4.78 is 0. The summed E-state index contributed by atoms with van der Waals surface area (Å²) in [4.78, 5) is 17.6. The van der Waals surface area contributed by atoms with Crippen molar-refractivity contribution in [3.63, 3.8) is 0 Å². The number of benzene rings is 1. The molecule has 0 spiro atoms. The van der Waals surface area contributed by atoms with Crippen molar-refractivity contribution in [1.82, 2.24) is 9.88 Å². The summed E-state index contributed by atoms with van der Waals surface area (Å²) in [5.74, 6) is -0.274. The number of aliphatic carboxylic acids is 1. The molecule has 2 heterocycles. The summed E-state index contributed by atoms with van der Waals surface area (Å²) in [7, 11) is 0. The topological polar surface area (TPSA) is 91.5 Å². The van der Waals surface area contributed by atoms with Crippen LogP contribution in [0.5, 0.6) is 0 Å². The van der Waals surface area contributed by atoms with Crippen molar-refractivity contribution in [3.8, 4) is 0 Å². The lowest BCUT2D eigenvalue weighted by atomic mass is 10.1. The van der Waals surface area contributed by atoms with Gasteiger partial charge in [0.05, 0.1) is 10.9 Å². The quantitative estimate of drug-likeness (QED) is 0.673. The molecule has 7 heteroatoms. The van der Waals surface area contributed by atoms with Crippen molar-refractivity contribution in [3.05, 3.63) is 52.2 Å². The molecule has 0 aliphatic carbocycles. The van der Waals surface area contributed by atoms with Crippen molar-refractivity contribution in [2.45, 2.75) is 26.4 Å². The lowest BCUT2D eigenvalue weighted by Gasteiger charge is -2.17. The number of halogens is 1. The molecule has 1 aliphatic rings. The maximum Gasteiger partial charge on any atom is 0.307 e. The van der Waals surface area contributed by atoms with E-state index >= 15 is 0 Å². The molecule has 1 unspecified atom stereocenters. The number of pyridine rings is 1. The Morgan fingerprint density at radius 2 is 2.27 bits per heavy atom. The van der Waals surface area contributed by atoms with E-state index < -0.39 is 5.97 Å². The molecule has 0 amide bonds. The molecule has 26 heavy (non-hydrogen) atoms. The van der Waals surface area contributed by atoms with Crippen LogP contribution >= 0.6 is 11.6 Å². The first-order valence-corrected chi connectivity index (χ1v) is 8.98. The smallest absolute Gasteiger partial charge is 0.307 e. The minimum atomic E-state index is -0.727. The molecule has 0 radical (unpaired) electrons. The van der Waals surface area contributed by atoms with Gasteiger partial charge in [-0.1, -0.05) is 23.7 Å². The van der Waals surface area contributed by atoms with Gasteiger partial charge in [-0.05, 0) is 48.7 Å². The zero-order valence-corrected chi connectivity index (χ0v) is 15.5. The van der Waals surface area contributed by atoms with Gasteiger partial charge in [-0.3, -0.25) is 9.69 Å². The van der Waals surface area contributed by atoms with Gasteiger partial charge in [-0.15, -0.1) is 0 Å². The van der Waals surface area contributed by atoms with E-state index in [1.165, 1.54) is 0 Å². The Balaban J connectivity index is 1.64. The fraction of sp³-hybridized carbons (Fsp3) is 0.368. The third kappa shape index (κ3) is 4.45. The van der Waals surface area contributed by atoms with Crippen molar-refractivity contribution in [2.75, 3.05) is 24.1 Å². The lowest BCUT2D eigenvalue weighted by Crippen LogP contribution is -2.23. The minimum absolute atomic E-state index is 0.290. The minimum Gasteiger partial charge on any atom is -0.481 e. The number of nitrogens with zero attached hydrogens (tertiary/aromatic N) is 2. The number of nitrogens with two attached hydrogens (primary N) is 1. The normalized spacial score (nSPS) is 17.4. The van der Waals surface area contributed by atoms with Crippen LogP contribution in [0.15, 0.2) is 30.5 Å². The van der Waals surface area contributed by atoms with Crippen LogP contribution in [0, 0.1) is 12.8 Å². The van der Waals surface area contributed by atoms with Gasteiger partial charge in [0.1, 0.15) is 5.82 Å². The SMILES string of the molecule is Cc1cc(CNc2cc(CN3CCC(C(=O)O)C3)c(Cl)cn2)ccc1N. The van der Waals surface area contributed by atoms with Crippen molar-refractivity contribution >= 4 is 29.1 Å². The zero-order chi connectivity index (χ0) is 18.7. The Labute approximate surface area is 158 Å². The van der Waals surface area contributed by atoms with Crippen LogP contribution in [-0.2, 0) is 17.9 Å². The van der Waals surface area contributed by atoms with Crippen LogP contribution in [0.3, 0.4) is 0 Å². The van der Waals surface area contributed by atoms with Crippen LogP contribution in [0.4, 0.5) is 11.5 Å². The molecule has 1 fully saturated rings. The third-order valence-electron chi connectivity index (χ3n) is 4.76. The molecular formula is C19H23ClN4O2. The van der Waals surface area contributed by atoms with E-state index in [0.29, 0.717) is 31.1 Å². The Bertz CT molecular complexity index is 812. The number of anilines is 2. The summed E-state index contributed by atoms with van der Waals surface area (Å²) in [6, 6.07) is 7.87. The van der Waals surface area contributed by atoms with Crippen LogP contribution in [0.2, 0.25) is 5.02 Å². The van der Waals surface area contributed by atoms with Crippen LogP contribution in [-0.4, -0.2) is 34.0 Å². The number of nitrogens with one attached hydrogen (secondary N) is 1. The maximum absolute atomic E-state index is 11.1. The lowest BCUT2D eigenvalue weighted by molar-refractivity contribution is -0.141. The van der Waals surface area contributed by atoms with Gasteiger partial charge in [-0.2, -0.15) is 0 Å². The number of carboxylic acids is 1. The second-order valence-corrected chi connectivity index (χ2v) is 7.17. The molecule has 1 atom stereocenters. The van der Waals surface area contributed by atoms with E-state index in [1.807, 2.05) is 25.1 Å². The van der Waals surface area contributed by atoms with E-state index in [2.05, 4.69) is 21.3 Å². The van der Waals surface area contributed by atoms with Crippen LogP contribution < -0.4 is 11.1 Å². The molecule has 0 bridgehead atoms. The monoisotopic (exact) mass is 374 g/mol. The van der Waals surface area contributed by atoms with Crippen LogP contribution in [0.1, 0.15) is 23.1 Å². The molecule has 138 valence electrons. The summed E-state index contributed by atoms with van der Waals surface area (Å²) in [6.07, 6.45) is 2.32.